The van der Waals surface area contributed by atoms with Gasteiger partial charge in [-0.1, -0.05) is 12.1 Å². The molecule has 29 heavy (non-hydrogen) atoms. The maximum absolute atomic E-state index is 14.2. The van der Waals surface area contributed by atoms with Crippen molar-refractivity contribution < 1.29 is 32.0 Å². The van der Waals surface area contributed by atoms with Gasteiger partial charge in [-0.25, -0.2) is 17.6 Å². The van der Waals surface area contributed by atoms with Gasteiger partial charge in [0.25, 0.3) is 5.69 Å². The van der Waals surface area contributed by atoms with Crippen molar-refractivity contribution in [3.05, 3.63) is 69.5 Å². The minimum Gasteiger partial charge on any atom is -0.457 e. The van der Waals surface area contributed by atoms with Crippen molar-refractivity contribution in [3.8, 4) is 0 Å². The number of carbonyl (C=O) groups is 1. The predicted molar refractivity (Wildman–Crippen MR) is 98.2 cm³/mol. The molecule has 0 unspecified atom stereocenters. The van der Waals surface area contributed by atoms with Crippen molar-refractivity contribution in [3.63, 3.8) is 0 Å². The minimum absolute atomic E-state index is 0.0865. The number of nitrogens with zero attached hydrogens (tertiary/aromatic N) is 2. The molecule has 2 aromatic rings. The van der Waals surface area contributed by atoms with Crippen molar-refractivity contribution >= 4 is 21.7 Å². The van der Waals surface area contributed by atoms with Crippen molar-refractivity contribution in [1.82, 2.24) is 4.31 Å². The summed E-state index contributed by atoms with van der Waals surface area (Å²) in [6.07, 6.45) is 0. The monoisotopic (exact) mass is 424 g/mol. The Balaban J connectivity index is 1.77. The molecule has 0 atom stereocenters. The Kier molecular flexibility index (Phi) is 6.20. The second-order valence-corrected chi connectivity index (χ2v) is 8.07. The van der Waals surface area contributed by atoms with Gasteiger partial charge in [0.1, 0.15) is 17.3 Å². The smallest absolute Gasteiger partial charge is 0.338 e. The number of nitro groups is 1. The number of morpholine rings is 1. The summed E-state index contributed by atoms with van der Waals surface area (Å²) in [5.41, 5.74) is 0.0821. The van der Waals surface area contributed by atoms with E-state index in [1.54, 1.807) is 6.07 Å². The Labute approximate surface area is 165 Å². The molecule has 1 saturated heterocycles. The number of hydrogen-bond donors (Lipinski definition) is 0. The first-order valence-electron chi connectivity index (χ1n) is 8.57. The third-order valence-corrected chi connectivity index (χ3v) is 6.16. The second-order valence-electron chi connectivity index (χ2n) is 6.16. The van der Waals surface area contributed by atoms with Crippen LogP contribution in [0.5, 0.6) is 0 Å². The van der Waals surface area contributed by atoms with Crippen LogP contribution in [0.3, 0.4) is 0 Å². The topological polar surface area (TPSA) is 116 Å². The summed E-state index contributed by atoms with van der Waals surface area (Å²) in [6.45, 7) is 0.313. The van der Waals surface area contributed by atoms with Gasteiger partial charge < -0.3 is 9.47 Å². The Morgan fingerprint density at radius 1 is 1.21 bits per heavy atom. The number of non-ortho nitro benzene ring substituents is 1. The maximum atomic E-state index is 14.2. The van der Waals surface area contributed by atoms with Crippen molar-refractivity contribution in [2.45, 2.75) is 11.5 Å². The van der Waals surface area contributed by atoms with Gasteiger partial charge in [-0.15, -0.1) is 0 Å². The van der Waals surface area contributed by atoms with Gasteiger partial charge in [-0.3, -0.25) is 10.1 Å². The lowest BCUT2D eigenvalue weighted by Crippen LogP contribution is -2.41. The molecule has 0 amide bonds. The molecule has 0 aromatic heterocycles. The van der Waals surface area contributed by atoms with Crippen molar-refractivity contribution in [2.24, 2.45) is 0 Å². The van der Waals surface area contributed by atoms with Crippen LogP contribution in [0.25, 0.3) is 0 Å². The third kappa shape index (κ3) is 4.75. The summed E-state index contributed by atoms with van der Waals surface area (Å²) in [4.78, 5) is 21.9. The highest BCUT2D eigenvalue weighted by Crippen LogP contribution is 2.22. The van der Waals surface area contributed by atoms with Crippen molar-refractivity contribution in [1.29, 1.82) is 0 Å². The molecule has 1 aliphatic heterocycles. The number of halogens is 1. The second kappa shape index (κ2) is 8.64. The van der Waals surface area contributed by atoms with Crippen LogP contribution in [0, 0.1) is 15.9 Å². The highest BCUT2D eigenvalue weighted by Gasteiger charge is 2.30. The number of ether oxygens (including phenoxy) is 2. The van der Waals surface area contributed by atoms with Gasteiger partial charge in [-0.05, 0) is 23.8 Å². The van der Waals surface area contributed by atoms with E-state index in [9.17, 15) is 27.7 Å². The van der Waals surface area contributed by atoms with Crippen LogP contribution < -0.4 is 0 Å². The highest BCUT2D eigenvalue weighted by molar-refractivity contribution is 7.89. The molecule has 3 rings (SSSR count). The third-order valence-electron chi connectivity index (χ3n) is 4.25. The quantitative estimate of drug-likeness (QED) is 0.396. The molecule has 1 heterocycles. The van der Waals surface area contributed by atoms with Gasteiger partial charge >= 0.3 is 5.97 Å². The fraction of sp³-hybridized carbons (Fsp3) is 0.278. The van der Waals surface area contributed by atoms with E-state index in [2.05, 4.69) is 0 Å². The average Bonchev–Trinajstić information content (AvgIpc) is 2.73. The Morgan fingerprint density at radius 2 is 1.93 bits per heavy atom. The molecule has 0 bridgehead atoms. The van der Waals surface area contributed by atoms with E-state index in [-0.39, 0.29) is 44.2 Å². The molecular formula is C18H17FN2O7S. The summed E-state index contributed by atoms with van der Waals surface area (Å²) in [6, 6.07) is 8.47. The van der Waals surface area contributed by atoms with E-state index in [1.807, 2.05) is 0 Å². The van der Waals surface area contributed by atoms with E-state index < -0.39 is 31.6 Å². The standard InChI is InChI=1S/C18H17FN2O7S/c19-16-5-4-14(11-17(16)29(25,26)20-6-8-27-9-7-20)18(22)28-12-13-2-1-3-15(10-13)21(23)24/h1-5,10-11H,6-9,12H2. The largest absolute Gasteiger partial charge is 0.457 e. The van der Waals surface area contributed by atoms with E-state index in [1.165, 1.54) is 18.2 Å². The van der Waals surface area contributed by atoms with Crippen molar-refractivity contribution in [2.75, 3.05) is 26.3 Å². The summed E-state index contributed by atoms with van der Waals surface area (Å²) in [5, 5.41) is 10.8. The molecule has 154 valence electrons. The summed E-state index contributed by atoms with van der Waals surface area (Å²) in [5.74, 6) is -1.86. The Morgan fingerprint density at radius 3 is 2.62 bits per heavy atom. The first-order valence-corrected chi connectivity index (χ1v) is 10.0. The lowest BCUT2D eigenvalue weighted by atomic mass is 10.2. The molecular weight excluding hydrogens is 407 g/mol. The maximum Gasteiger partial charge on any atom is 0.338 e. The molecule has 1 aliphatic rings. The lowest BCUT2D eigenvalue weighted by molar-refractivity contribution is -0.384. The van der Waals surface area contributed by atoms with E-state index in [0.717, 1.165) is 22.5 Å². The van der Waals surface area contributed by atoms with Gasteiger partial charge in [0, 0.05) is 25.2 Å². The fourth-order valence-corrected chi connectivity index (χ4v) is 4.24. The van der Waals surface area contributed by atoms with Crippen LogP contribution in [0.15, 0.2) is 47.4 Å². The molecule has 11 heteroatoms. The molecule has 0 radical (unpaired) electrons. The lowest BCUT2D eigenvalue weighted by Gasteiger charge is -2.26. The molecule has 0 spiro atoms. The molecule has 0 N–H and O–H groups in total. The predicted octanol–water partition coefficient (Wildman–Crippen LogP) is 2.11. The van der Waals surface area contributed by atoms with Gasteiger partial charge in [0.15, 0.2) is 0 Å². The van der Waals surface area contributed by atoms with Gasteiger partial charge in [0.05, 0.1) is 23.7 Å². The molecule has 9 nitrogen and oxygen atoms in total. The highest BCUT2D eigenvalue weighted by atomic mass is 32.2. The average molecular weight is 424 g/mol. The minimum atomic E-state index is -4.14. The zero-order chi connectivity index (χ0) is 21.0. The van der Waals surface area contributed by atoms with Crippen LogP contribution in [-0.4, -0.2) is 49.9 Å². The summed E-state index contributed by atoms with van der Waals surface area (Å²) in [7, 11) is -4.14. The first kappa shape index (κ1) is 20.8. The Bertz CT molecular complexity index is 1040. The number of hydrogen-bond acceptors (Lipinski definition) is 7. The van der Waals surface area contributed by atoms with Crippen LogP contribution in [0.4, 0.5) is 10.1 Å². The van der Waals surface area contributed by atoms with Gasteiger partial charge in [-0.2, -0.15) is 4.31 Å². The number of esters is 1. The molecule has 2 aromatic carbocycles. The number of rotatable bonds is 6. The first-order chi connectivity index (χ1) is 13.8. The van der Waals surface area contributed by atoms with Crippen LogP contribution >= 0.6 is 0 Å². The van der Waals surface area contributed by atoms with Crippen LogP contribution in [0.2, 0.25) is 0 Å². The fourth-order valence-electron chi connectivity index (χ4n) is 2.75. The summed E-state index contributed by atoms with van der Waals surface area (Å²) < 4.78 is 50.8. The number of nitro benzene ring substituents is 1. The Hall–Kier alpha value is -2.89. The molecule has 0 aliphatic carbocycles. The van der Waals surface area contributed by atoms with E-state index in [4.69, 9.17) is 9.47 Å². The normalized spacial score (nSPS) is 15.1. The van der Waals surface area contributed by atoms with E-state index >= 15 is 0 Å². The summed E-state index contributed by atoms with van der Waals surface area (Å²) >= 11 is 0. The molecule has 1 fully saturated rings. The molecule has 0 saturated carbocycles. The van der Waals surface area contributed by atoms with Gasteiger partial charge in [0.2, 0.25) is 10.0 Å². The zero-order valence-corrected chi connectivity index (χ0v) is 15.9. The number of sulfonamides is 1. The van der Waals surface area contributed by atoms with Crippen LogP contribution in [0.1, 0.15) is 15.9 Å². The zero-order valence-electron chi connectivity index (χ0n) is 15.1. The number of benzene rings is 2. The van der Waals surface area contributed by atoms with Crippen LogP contribution in [-0.2, 0) is 26.1 Å². The van der Waals surface area contributed by atoms with E-state index in [0.29, 0.717) is 5.56 Å². The number of carbonyl (C=O) groups excluding carboxylic acids is 1. The SMILES string of the molecule is O=C(OCc1cccc([N+](=O)[O-])c1)c1ccc(F)c(S(=O)(=O)N2CCOCC2)c1.